The van der Waals surface area contributed by atoms with Gasteiger partial charge in [0.2, 0.25) is 0 Å². The largest absolute Gasteiger partial charge is 0.289 e. The van der Waals surface area contributed by atoms with Gasteiger partial charge in [-0.05, 0) is 40.8 Å². The topological polar surface area (TPSA) is 48.6 Å². The Morgan fingerprint density at radius 2 is 1.82 bits per heavy atom. The van der Waals surface area contributed by atoms with E-state index in [-0.39, 0.29) is 10.8 Å². The van der Waals surface area contributed by atoms with Gasteiger partial charge in [0.15, 0.2) is 0 Å². The maximum atomic E-state index is 7.15. The fourth-order valence-corrected chi connectivity index (χ4v) is 2.26. The molecule has 0 heterocycles. The van der Waals surface area contributed by atoms with E-state index < -0.39 is 0 Å². The lowest BCUT2D eigenvalue weighted by molar-refractivity contribution is 0.224. The molecular weight excluding hydrogens is 325 g/mol. The van der Waals surface area contributed by atoms with Crippen LogP contribution >= 0.6 is 22.6 Å². The van der Waals surface area contributed by atoms with Crippen LogP contribution in [0.2, 0.25) is 0 Å². The van der Waals surface area contributed by atoms with Crippen molar-refractivity contribution >= 4 is 39.0 Å². The summed E-state index contributed by atoms with van der Waals surface area (Å²) in [4.78, 5) is 8.47. The van der Waals surface area contributed by atoms with E-state index in [1.54, 1.807) is 4.22 Å². The third-order valence-corrected chi connectivity index (χ3v) is 3.78. The molecule has 0 saturated heterocycles. The Morgan fingerprint density at radius 3 is 2.18 bits per heavy atom. The van der Waals surface area contributed by atoms with E-state index in [4.69, 9.17) is 5.41 Å². The molecule has 1 unspecified atom stereocenters. The third-order valence-electron chi connectivity index (χ3n) is 3.50. The smallest absolute Gasteiger partial charge is 0.136 e. The van der Waals surface area contributed by atoms with Gasteiger partial charge in [0.25, 0.3) is 0 Å². The van der Waals surface area contributed by atoms with Gasteiger partial charge in [-0.3, -0.25) is 5.41 Å². The molecule has 0 aliphatic heterocycles. The summed E-state index contributed by atoms with van der Waals surface area (Å²) < 4.78 is 1.73. The van der Waals surface area contributed by atoms with Gasteiger partial charge >= 0.3 is 0 Å². The quantitative estimate of drug-likeness (QED) is 0.411. The zero-order valence-corrected chi connectivity index (χ0v) is 13.7. The highest BCUT2D eigenvalue weighted by Crippen LogP contribution is 2.39. The molecule has 0 aromatic carbocycles. The van der Waals surface area contributed by atoms with Gasteiger partial charge in [-0.2, -0.15) is 0 Å². The molecule has 0 radical (unpaired) electrons. The van der Waals surface area contributed by atoms with Gasteiger partial charge in [0, 0.05) is 5.41 Å². The fraction of sp³-hybridized carbons (Fsp3) is 0.769. The summed E-state index contributed by atoms with van der Waals surface area (Å²) in [5.74, 6) is 0.769. The molecule has 1 N–H and O–H groups in total. The van der Waals surface area contributed by atoms with Crippen LogP contribution in [0.5, 0.6) is 0 Å². The van der Waals surface area contributed by atoms with Crippen LogP contribution in [0.3, 0.4) is 0 Å². The van der Waals surface area contributed by atoms with Crippen LogP contribution in [0.4, 0.5) is 0 Å². The number of nitrogens with zero attached hydrogens (tertiary/aromatic N) is 2. The molecule has 3 nitrogen and oxygen atoms in total. The van der Waals surface area contributed by atoms with Crippen LogP contribution in [-0.2, 0) is 0 Å². The number of nitrogens with one attached hydrogen (secondary N) is 1. The second-order valence-corrected chi connectivity index (χ2v) is 5.97. The molecule has 0 aromatic rings. The van der Waals surface area contributed by atoms with Crippen molar-refractivity contribution in [2.75, 3.05) is 0 Å². The van der Waals surface area contributed by atoms with Crippen molar-refractivity contribution in [3.05, 3.63) is 0 Å². The molecule has 4 heteroatoms. The molecule has 0 fully saturated rings. The minimum atomic E-state index is -0.0568. The Morgan fingerprint density at radius 1 is 1.24 bits per heavy atom. The molecule has 0 aliphatic rings. The highest BCUT2D eigenvalue weighted by molar-refractivity contribution is 14.1. The Balaban J connectivity index is 5.23. The normalized spacial score (nSPS) is 17.2. The summed E-state index contributed by atoms with van der Waals surface area (Å²) in [7, 11) is 0. The first-order valence-electron chi connectivity index (χ1n) is 6.05. The van der Waals surface area contributed by atoms with E-state index in [1.807, 2.05) is 0 Å². The highest BCUT2D eigenvalue weighted by Gasteiger charge is 2.34. The number of rotatable bonds is 6. The van der Waals surface area contributed by atoms with Crippen LogP contribution in [0.25, 0.3) is 0 Å². The zero-order chi connectivity index (χ0) is 13.5. The molecule has 1 atom stereocenters. The van der Waals surface area contributed by atoms with Crippen LogP contribution in [0.1, 0.15) is 53.9 Å². The third kappa shape index (κ3) is 5.27. The molecule has 0 aromatic heterocycles. The molecule has 0 saturated carbocycles. The van der Waals surface area contributed by atoms with E-state index in [0.29, 0.717) is 0 Å². The SMILES string of the molecule is CCC(C)(C)CC(C)(CC)C(N=CI)=NC=N. The average Bonchev–Trinajstić information content (AvgIpc) is 2.28. The predicted octanol–water partition coefficient (Wildman–Crippen LogP) is 4.70. The first-order chi connectivity index (χ1) is 7.85. The van der Waals surface area contributed by atoms with Crippen molar-refractivity contribution in [2.45, 2.75) is 53.9 Å². The minimum Gasteiger partial charge on any atom is -0.289 e. The summed E-state index contributed by atoms with van der Waals surface area (Å²) in [6, 6.07) is 0. The summed E-state index contributed by atoms with van der Waals surface area (Å²) in [6.45, 7) is 11.1. The Bertz CT molecular complexity index is 308. The Kier molecular flexibility index (Phi) is 7.13. The number of aliphatic imine (C=N–C) groups is 2. The molecule has 17 heavy (non-hydrogen) atoms. The van der Waals surface area contributed by atoms with Gasteiger partial charge in [-0.25, -0.2) is 9.98 Å². The van der Waals surface area contributed by atoms with Crippen LogP contribution in [-0.4, -0.2) is 16.4 Å². The molecule has 0 aliphatic carbocycles. The number of hydrogen-bond acceptors (Lipinski definition) is 1. The Hall–Kier alpha value is -0.260. The lowest BCUT2D eigenvalue weighted by atomic mass is 9.70. The first kappa shape index (κ1) is 16.7. The fourth-order valence-electron chi connectivity index (χ4n) is 2.00. The first-order valence-corrected chi connectivity index (χ1v) is 7.29. The highest BCUT2D eigenvalue weighted by atomic mass is 127. The summed E-state index contributed by atoms with van der Waals surface area (Å²) in [6.07, 6.45) is 4.24. The second-order valence-electron chi connectivity index (χ2n) is 5.42. The van der Waals surface area contributed by atoms with Crippen LogP contribution in [0, 0.1) is 16.2 Å². The Labute approximate surface area is 119 Å². The molecular formula is C13H24IN3. The van der Waals surface area contributed by atoms with Crippen molar-refractivity contribution in [3.63, 3.8) is 0 Å². The van der Waals surface area contributed by atoms with Crippen molar-refractivity contribution in [1.82, 2.24) is 0 Å². The van der Waals surface area contributed by atoms with E-state index in [2.05, 4.69) is 67.2 Å². The summed E-state index contributed by atoms with van der Waals surface area (Å²) in [5, 5.41) is 7.15. The lowest BCUT2D eigenvalue weighted by Crippen LogP contribution is -2.32. The minimum absolute atomic E-state index is 0.0568. The standard InChI is InChI=1S/C13H24IN3/c1-6-12(3,4)8-13(5,7-2)11(16-9-14)17-10-15/h9-10,15H,6-8H2,1-5H3. The van der Waals surface area contributed by atoms with E-state index >= 15 is 0 Å². The molecule has 98 valence electrons. The summed E-state index contributed by atoms with van der Waals surface area (Å²) >= 11 is 2.10. The maximum absolute atomic E-state index is 7.15. The predicted molar refractivity (Wildman–Crippen MR) is 85.8 cm³/mol. The van der Waals surface area contributed by atoms with Gasteiger partial charge in [-0.15, -0.1) is 0 Å². The maximum Gasteiger partial charge on any atom is 0.136 e. The summed E-state index contributed by atoms with van der Waals surface area (Å²) in [5.41, 5.74) is 0.215. The van der Waals surface area contributed by atoms with Crippen molar-refractivity contribution in [1.29, 1.82) is 5.41 Å². The average molecular weight is 349 g/mol. The molecule has 0 spiro atoms. The van der Waals surface area contributed by atoms with Gasteiger partial charge < -0.3 is 0 Å². The van der Waals surface area contributed by atoms with Gasteiger partial charge in [-0.1, -0.05) is 41.0 Å². The molecule has 0 rings (SSSR count). The second kappa shape index (κ2) is 7.24. The zero-order valence-electron chi connectivity index (χ0n) is 11.5. The van der Waals surface area contributed by atoms with E-state index in [0.717, 1.165) is 31.4 Å². The van der Waals surface area contributed by atoms with Crippen LogP contribution in [0.15, 0.2) is 9.98 Å². The van der Waals surface area contributed by atoms with Crippen molar-refractivity contribution in [2.24, 2.45) is 20.8 Å². The number of amidine groups is 1. The number of halogens is 1. The number of hydrogen-bond donors (Lipinski definition) is 1. The van der Waals surface area contributed by atoms with Gasteiger partial charge in [0.1, 0.15) is 12.2 Å². The monoisotopic (exact) mass is 349 g/mol. The molecule has 0 amide bonds. The molecule has 0 bridgehead atoms. The van der Waals surface area contributed by atoms with Crippen molar-refractivity contribution in [3.8, 4) is 0 Å². The van der Waals surface area contributed by atoms with Gasteiger partial charge in [0.05, 0.1) is 4.22 Å². The lowest BCUT2D eigenvalue weighted by Gasteiger charge is -2.35. The van der Waals surface area contributed by atoms with E-state index in [9.17, 15) is 0 Å². The van der Waals surface area contributed by atoms with E-state index in [1.165, 1.54) is 0 Å². The van der Waals surface area contributed by atoms with Crippen molar-refractivity contribution < 1.29 is 0 Å². The van der Waals surface area contributed by atoms with Crippen LogP contribution < -0.4 is 0 Å².